The predicted molar refractivity (Wildman–Crippen MR) is 97.1 cm³/mol. The molecule has 0 aromatic carbocycles. The molecule has 3 aliphatic carbocycles. The highest BCUT2D eigenvalue weighted by Crippen LogP contribution is 2.51. The standard InChI is InChI=1S/C20H22ClN3O/c1-20-11-15(21)4-5-16(20)19(23)18-14-8-12(3-2-6-22)7-13(9-14)10-17(18)24(20)25/h4-5,7,11,13-14,25H,2-3,8-10,23H2,1H3. The molecule has 0 amide bonds. The molecule has 0 aromatic rings. The number of nitrogens with zero attached hydrogens (tertiary/aromatic N) is 2. The van der Waals surface area contributed by atoms with Crippen LogP contribution in [-0.4, -0.2) is 15.8 Å². The number of nitrogens with two attached hydrogens (primary N) is 1. The Morgan fingerprint density at radius 3 is 3.00 bits per heavy atom. The van der Waals surface area contributed by atoms with Crippen LogP contribution in [0.1, 0.15) is 39.0 Å². The minimum absolute atomic E-state index is 0.314. The Kier molecular flexibility index (Phi) is 3.82. The second kappa shape index (κ2) is 5.79. The lowest BCUT2D eigenvalue weighted by Crippen LogP contribution is -2.50. The first-order chi connectivity index (χ1) is 11.9. The van der Waals surface area contributed by atoms with Crippen LogP contribution in [-0.2, 0) is 0 Å². The fourth-order valence-electron chi connectivity index (χ4n) is 4.86. The third kappa shape index (κ3) is 2.46. The zero-order valence-corrected chi connectivity index (χ0v) is 15.1. The largest absolute Gasteiger partial charge is 0.398 e. The summed E-state index contributed by atoms with van der Waals surface area (Å²) in [5.41, 5.74) is 11.0. The number of hydrogen-bond donors (Lipinski definition) is 2. The molecule has 25 heavy (non-hydrogen) atoms. The number of fused-ring (bicyclic) bond motifs is 4. The molecule has 0 saturated heterocycles. The van der Waals surface area contributed by atoms with Crippen molar-refractivity contribution in [2.75, 3.05) is 0 Å². The summed E-state index contributed by atoms with van der Waals surface area (Å²) in [4.78, 5) is 0. The summed E-state index contributed by atoms with van der Waals surface area (Å²) in [5.74, 6) is 0.714. The van der Waals surface area contributed by atoms with Crippen molar-refractivity contribution in [1.82, 2.24) is 5.06 Å². The van der Waals surface area contributed by atoms with E-state index in [4.69, 9.17) is 22.6 Å². The van der Waals surface area contributed by atoms with Crippen molar-refractivity contribution >= 4 is 11.6 Å². The molecule has 3 N–H and O–H groups in total. The molecule has 2 bridgehead atoms. The zero-order chi connectivity index (χ0) is 17.8. The van der Waals surface area contributed by atoms with Crippen LogP contribution in [0.4, 0.5) is 0 Å². The summed E-state index contributed by atoms with van der Waals surface area (Å²) >= 11 is 6.20. The van der Waals surface area contributed by atoms with Crippen molar-refractivity contribution < 1.29 is 5.21 Å². The summed E-state index contributed by atoms with van der Waals surface area (Å²) in [6.07, 6.45) is 12.1. The quantitative estimate of drug-likeness (QED) is 0.725. The number of rotatable bonds is 2. The van der Waals surface area contributed by atoms with Gasteiger partial charge >= 0.3 is 0 Å². The van der Waals surface area contributed by atoms with Crippen LogP contribution >= 0.6 is 11.6 Å². The van der Waals surface area contributed by atoms with Crippen LogP contribution in [0.15, 0.2) is 57.4 Å². The lowest BCUT2D eigenvalue weighted by Gasteiger charge is -2.49. The van der Waals surface area contributed by atoms with E-state index < -0.39 is 5.54 Å². The van der Waals surface area contributed by atoms with Gasteiger partial charge in [-0.05, 0) is 56.6 Å². The van der Waals surface area contributed by atoms with Crippen LogP contribution in [0.25, 0.3) is 0 Å². The van der Waals surface area contributed by atoms with E-state index in [1.165, 1.54) is 10.6 Å². The van der Waals surface area contributed by atoms with E-state index in [1.807, 2.05) is 25.2 Å². The second-order valence-electron chi connectivity index (χ2n) is 7.59. The third-order valence-electron chi connectivity index (χ3n) is 5.95. The normalized spacial score (nSPS) is 33.4. The van der Waals surface area contributed by atoms with Gasteiger partial charge in [0.1, 0.15) is 5.54 Å². The van der Waals surface area contributed by atoms with Crippen LogP contribution in [0, 0.1) is 23.2 Å². The van der Waals surface area contributed by atoms with E-state index in [-0.39, 0.29) is 0 Å². The summed E-state index contributed by atoms with van der Waals surface area (Å²) < 4.78 is 0. The Bertz CT molecular complexity index is 826. The maximum absolute atomic E-state index is 11.0. The minimum Gasteiger partial charge on any atom is -0.398 e. The zero-order valence-electron chi connectivity index (χ0n) is 14.3. The number of allylic oxidation sites excluding steroid dienone is 6. The van der Waals surface area contributed by atoms with Crippen LogP contribution in [0.3, 0.4) is 0 Å². The molecule has 3 unspecified atom stereocenters. The van der Waals surface area contributed by atoms with E-state index in [0.717, 1.165) is 48.2 Å². The lowest BCUT2D eigenvalue weighted by molar-refractivity contribution is -0.114. The first kappa shape index (κ1) is 16.5. The van der Waals surface area contributed by atoms with Gasteiger partial charge in [-0.15, -0.1) is 0 Å². The molecule has 4 rings (SSSR count). The van der Waals surface area contributed by atoms with Crippen molar-refractivity contribution in [3.05, 3.63) is 57.4 Å². The Labute approximate surface area is 153 Å². The molecule has 1 heterocycles. The highest BCUT2D eigenvalue weighted by atomic mass is 35.5. The maximum Gasteiger partial charge on any atom is 0.111 e. The number of nitriles is 1. The van der Waals surface area contributed by atoms with E-state index in [2.05, 4.69) is 12.1 Å². The molecule has 1 aliphatic heterocycles. The van der Waals surface area contributed by atoms with Gasteiger partial charge in [0.2, 0.25) is 0 Å². The topological polar surface area (TPSA) is 73.3 Å². The third-order valence-corrected chi connectivity index (χ3v) is 6.18. The van der Waals surface area contributed by atoms with Crippen LogP contribution in [0.5, 0.6) is 0 Å². The second-order valence-corrected chi connectivity index (χ2v) is 8.03. The SMILES string of the molecule is CC12C=C(Cl)C=CC1=C(N)C1=C(CC3C=C(CCC#N)CC1C3)N2O. The summed E-state index contributed by atoms with van der Waals surface area (Å²) in [6, 6.07) is 2.24. The van der Waals surface area contributed by atoms with E-state index >= 15 is 0 Å². The minimum atomic E-state index is -0.715. The Balaban J connectivity index is 1.75. The Morgan fingerprint density at radius 1 is 1.44 bits per heavy atom. The lowest BCUT2D eigenvalue weighted by atomic mass is 9.67. The molecule has 4 aliphatic rings. The van der Waals surface area contributed by atoms with Gasteiger partial charge in [-0.3, -0.25) is 5.21 Å². The van der Waals surface area contributed by atoms with Crippen molar-refractivity contribution in [1.29, 1.82) is 5.26 Å². The van der Waals surface area contributed by atoms with Crippen molar-refractivity contribution in [2.45, 2.75) is 44.6 Å². The summed E-state index contributed by atoms with van der Waals surface area (Å²) in [6.45, 7) is 1.95. The molecule has 0 fully saturated rings. The molecule has 130 valence electrons. The van der Waals surface area contributed by atoms with Gasteiger partial charge in [0.15, 0.2) is 0 Å². The molecular formula is C20H22ClN3O. The highest BCUT2D eigenvalue weighted by molar-refractivity contribution is 6.31. The van der Waals surface area contributed by atoms with E-state index in [0.29, 0.717) is 23.3 Å². The maximum atomic E-state index is 11.0. The van der Waals surface area contributed by atoms with Crippen LogP contribution in [0.2, 0.25) is 0 Å². The monoisotopic (exact) mass is 355 g/mol. The average molecular weight is 356 g/mol. The number of hydrogen-bond acceptors (Lipinski definition) is 4. The van der Waals surface area contributed by atoms with E-state index in [9.17, 15) is 5.21 Å². The fraction of sp³-hybridized carbons (Fsp3) is 0.450. The number of hydroxylamine groups is 2. The average Bonchev–Trinajstić information content (AvgIpc) is 2.57. The molecule has 0 spiro atoms. The van der Waals surface area contributed by atoms with Gasteiger partial charge in [-0.2, -0.15) is 5.26 Å². The molecular weight excluding hydrogens is 334 g/mol. The predicted octanol–water partition coefficient (Wildman–Crippen LogP) is 4.27. The van der Waals surface area contributed by atoms with Gasteiger partial charge in [0, 0.05) is 34.0 Å². The summed E-state index contributed by atoms with van der Waals surface area (Å²) in [7, 11) is 0. The molecule has 5 heteroatoms. The van der Waals surface area contributed by atoms with Gasteiger partial charge in [-0.25, -0.2) is 5.06 Å². The summed E-state index contributed by atoms with van der Waals surface area (Å²) in [5, 5.41) is 21.9. The molecule has 0 aromatic heterocycles. The van der Waals surface area contributed by atoms with Crippen molar-refractivity contribution in [3.63, 3.8) is 0 Å². The highest BCUT2D eigenvalue weighted by Gasteiger charge is 2.46. The smallest absolute Gasteiger partial charge is 0.111 e. The van der Waals surface area contributed by atoms with E-state index in [1.54, 1.807) is 0 Å². The van der Waals surface area contributed by atoms with Gasteiger partial charge < -0.3 is 5.73 Å². The van der Waals surface area contributed by atoms with Crippen molar-refractivity contribution in [3.8, 4) is 6.07 Å². The molecule has 0 radical (unpaired) electrons. The molecule has 4 nitrogen and oxygen atoms in total. The van der Waals surface area contributed by atoms with Gasteiger partial charge in [0.05, 0.1) is 6.07 Å². The van der Waals surface area contributed by atoms with Crippen LogP contribution < -0.4 is 5.73 Å². The molecule has 3 atom stereocenters. The number of halogens is 1. The first-order valence-corrected chi connectivity index (χ1v) is 9.17. The Hall–Kier alpha value is -1.96. The Morgan fingerprint density at radius 2 is 2.24 bits per heavy atom. The fourth-order valence-corrected chi connectivity index (χ4v) is 5.13. The molecule has 0 saturated carbocycles. The van der Waals surface area contributed by atoms with Gasteiger partial charge in [-0.1, -0.05) is 29.3 Å². The first-order valence-electron chi connectivity index (χ1n) is 8.79. The van der Waals surface area contributed by atoms with Crippen molar-refractivity contribution in [2.24, 2.45) is 17.6 Å². The van der Waals surface area contributed by atoms with Gasteiger partial charge in [0.25, 0.3) is 0 Å².